The Morgan fingerprint density at radius 3 is 2.44 bits per heavy atom. The molecule has 6 N–H and O–H groups in total. The van der Waals surface area contributed by atoms with Gasteiger partial charge in [0.2, 0.25) is 11.8 Å². The van der Waals surface area contributed by atoms with Gasteiger partial charge in [0.05, 0.1) is 11.8 Å². The molecular weight excluding hydrogens is 777 g/mol. The number of carbonyl (C=O) groups excluding carboxylic acids is 4. The van der Waals surface area contributed by atoms with Crippen LogP contribution in [-0.2, 0) is 25.7 Å². The Morgan fingerprint density at radius 1 is 0.934 bits per heavy atom. The van der Waals surface area contributed by atoms with Crippen molar-refractivity contribution < 1.29 is 38.9 Å². The van der Waals surface area contributed by atoms with E-state index in [1.165, 1.54) is 6.07 Å². The highest BCUT2D eigenvalue weighted by Gasteiger charge is 2.47. The van der Waals surface area contributed by atoms with Crippen molar-refractivity contribution in [1.29, 1.82) is 0 Å². The molecule has 14 heteroatoms. The summed E-state index contributed by atoms with van der Waals surface area (Å²) in [6.07, 6.45) is 4.60. The van der Waals surface area contributed by atoms with Crippen LogP contribution in [0.15, 0.2) is 91.0 Å². The van der Waals surface area contributed by atoms with E-state index in [0.29, 0.717) is 43.6 Å². The van der Waals surface area contributed by atoms with Gasteiger partial charge in [-0.15, -0.1) is 0 Å². The smallest absolute Gasteiger partial charge is 0.411 e. The molecule has 3 aliphatic rings. The van der Waals surface area contributed by atoms with Crippen LogP contribution in [0.1, 0.15) is 68.6 Å². The Labute approximate surface area is 356 Å². The van der Waals surface area contributed by atoms with Crippen LogP contribution in [0.25, 0.3) is 11.1 Å². The summed E-state index contributed by atoms with van der Waals surface area (Å²) in [7, 11) is 1.82. The van der Waals surface area contributed by atoms with E-state index in [4.69, 9.17) is 9.47 Å². The van der Waals surface area contributed by atoms with Gasteiger partial charge in [-0.1, -0.05) is 60.7 Å². The minimum Gasteiger partial charge on any atom is -0.506 e. The van der Waals surface area contributed by atoms with Crippen LogP contribution in [-0.4, -0.2) is 96.3 Å². The third-order valence-electron chi connectivity index (χ3n) is 12.0. The van der Waals surface area contributed by atoms with E-state index < -0.39 is 12.2 Å². The summed E-state index contributed by atoms with van der Waals surface area (Å²) in [5.74, 6) is -0.220. The van der Waals surface area contributed by atoms with Gasteiger partial charge in [0.15, 0.2) is 12.4 Å². The number of phenolic OH excluding ortho intramolecular Hbond substituents is 1. The summed E-state index contributed by atoms with van der Waals surface area (Å²) in [4.78, 5) is 54.1. The summed E-state index contributed by atoms with van der Waals surface area (Å²) in [5, 5.41) is 32.5. The number of fused-ring (bicyclic) bond motifs is 1. The van der Waals surface area contributed by atoms with Gasteiger partial charge in [0, 0.05) is 62.9 Å². The van der Waals surface area contributed by atoms with Crippen LogP contribution in [0.4, 0.5) is 21.9 Å². The molecule has 61 heavy (non-hydrogen) atoms. The van der Waals surface area contributed by atoms with Crippen molar-refractivity contribution in [3.63, 3.8) is 0 Å². The van der Waals surface area contributed by atoms with Crippen LogP contribution in [0.2, 0.25) is 0 Å². The predicted octanol–water partition coefficient (Wildman–Crippen LogP) is 6.66. The Balaban J connectivity index is 0.723. The number of phenols is 1. The second-order valence-corrected chi connectivity index (χ2v) is 16.4. The van der Waals surface area contributed by atoms with E-state index in [0.717, 1.165) is 74.1 Å². The number of likely N-dealkylation sites (tertiary alicyclic amines) is 1. The zero-order valence-corrected chi connectivity index (χ0v) is 34.7. The molecule has 1 saturated heterocycles. The number of para-hydroxylation sites is 1. The summed E-state index contributed by atoms with van der Waals surface area (Å²) in [5.41, 5.74) is 5.19. The van der Waals surface area contributed by atoms with Gasteiger partial charge in [-0.25, -0.2) is 4.79 Å². The van der Waals surface area contributed by atoms with Gasteiger partial charge in [-0.2, -0.15) is 0 Å². The first kappa shape index (κ1) is 43.1. The molecule has 322 valence electrons. The van der Waals surface area contributed by atoms with Crippen molar-refractivity contribution in [2.24, 2.45) is 5.41 Å². The Morgan fingerprint density at radius 2 is 1.67 bits per heavy atom. The third-order valence-corrected chi connectivity index (χ3v) is 12.0. The molecule has 0 radical (unpaired) electrons. The molecule has 2 heterocycles. The molecule has 2 aliphatic heterocycles. The minimum atomic E-state index is -0.933. The van der Waals surface area contributed by atoms with E-state index in [1.54, 1.807) is 11.0 Å². The van der Waals surface area contributed by atoms with Gasteiger partial charge >= 0.3 is 6.09 Å². The molecule has 1 aliphatic carbocycles. The van der Waals surface area contributed by atoms with Crippen LogP contribution >= 0.6 is 0 Å². The zero-order valence-electron chi connectivity index (χ0n) is 34.7. The number of aromatic hydroxyl groups is 1. The van der Waals surface area contributed by atoms with E-state index >= 15 is 0 Å². The van der Waals surface area contributed by atoms with Crippen LogP contribution in [0.5, 0.6) is 11.5 Å². The maximum atomic E-state index is 12.9. The number of hydrogen-bond donors (Lipinski definition) is 6. The SMILES string of the molecule is CN(CCCCC(=O)Nc1ccc(CNC[C@H](O)c2ccc(O)c3c2OCC(=O)N3)cc1)C(=O)CCN1CCC2(CC1)CC(OC(=O)Nc1ccccc1-c1ccccc1)C2. The number of hydrogen-bond acceptors (Lipinski definition) is 10. The zero-order chi connectivity index (χ0) is 42.8. The molecule has 4 amide bonds. The van der Waals surface area contributed by atoms with Gasteiger partial charge in [0.1, 0.15) is 17.5 Å². The molecule has 1 atom stereocenters. The van der Waals surface area contributed by atoms with E-state index in [9.17, 15) is 29.4 Å². The maximum Gasteiger partial charge on any atom is 0.411 e. The lowest BCUT2D eigenvalue weighted by atomic mass is 9.61. The highest BCUT2D eigenvalue weighted by molar-refractivity contribution is 5.97. The average Bonchev–Trinajstić information content (AvgIpc) is 3.25. The van der Waals surface area contributed by atoms with Gasteiger partial charge in [-0.3, -0.25) is 19.7 Å². The molecule has 0 unspecified atom stereocenters. The summed E-state index contributed by atoms with van der Waals surface area (Å²) < 4.78 is 11.3. The van der Waals surface area contributed by atoms with Crippen molar-refractivity contribution in [2.75, 3.05) is 62.3 Å². The number of amides is 4. The first-order valence-corrected chi connectivity index (χ1v) is 21.2. The molecule has 4 aromatic rings. The fraction of sp³-hybridized carbons (Fsp3) is 0.404. The highest BCUT2D eigenvalue weighted by atomic mass is 16.6. The molecule has 2 fully saturated rings. The van der Waals surface area contributed by atoms with Crippen molar-refractivity contribution in [2.45, 2.75) is 70.1 Å². The number of aliphatic hydroxyl groups is 1. The maximum absolute atomic E-state index is 12.9. The topological polar surface area (TPSA) is 182 Å². The lowest BCUT2D eigenvalue weighted by Crippen LogP contribution is -2.51. The molecule has 0 aromatic heterocycles. The fourth-order valence-corrected chi connectivity index (χ4v) is 8.44. The second kappa shape index (κ2) is 20.1. The average molecular weight is 833 g/mol. The number of piperidine rings is 1. The number of anilines is 3. The molecule has 1 spiro atoms. The number of unbranched alkanes of at least 4 members (excludes halogenated alkanes) is 1. The van der Waals surface area contributed by atoms with Crippen molar-refractivity contribution in [1.82, 2.24) is 15.1 Å². The summed E-state index contributed by atoms with van der Waals surface area (Å²) in [6.45, 7) is 3.68. The molecular formula is C47H56N6O8. The normalized spacial score (nSPS) is 16.3. The third kappa shape index (κ3) is 11.5. The highest BCUT2D eigenvalue weighted by Crippen LogP contribution is 2.50. The standard InChI is InChI=1S/C47H56N6O8/c1-52(23-8-7-13-41(56)49-34-16-14-32(15-17-34)29-48-30-40(55)37-18-19-39(54)44-45(37)60-31-42(57)51-44)43(58)20-24-53-25-21-47(22-26-53)27-35(28-47)61-46(59)50-38-12-6-5-11-36(38)33-9-3-2-4-10-33/h2-6,9-12,14-19,35,40,48,54-55H,7-8,13,20-31H2,1H3,(H,49,56)(H,50,59)(H,51,57)/t40-/m0/s1. The van der Waals surface area contributed by atoms with Crippen LogP contribution < -0.4 is 26.0 Å². The monoisotopic (exact) mass is 832 g/mol. The Bertz CT molecular complexity index is 2150. The summed E-state index contributed by atoms with van der Waals surface area (Å²) >= 11 is 0. The molecule has 4 aromatic carbocycles. The largest absolute Gasteiger partial charge is 0.506 e. The number of ether oxygens (including phenoxy) is 2. The first-order chi connectivity index (χ1) is 29.5. The van der Waals surface area contributed by atoms with Gasteiger partial charge in [0.25, 0.3) is 5.91 Å². The number of benzene rings is 4. The quantitative estimate of drug-likeness (QED) is 0.0497. The molecule has 1 saturated carbocycles. The second-order valence-electron chi connectivity index (χ2n) is 16.4. The lowest BCUT2D eigenvalue weighted by Gasteiger charge is -2.51. The number of aliphatic hydroxyl groups excluding tert-OH is 1. The van der Waals surface area contributed by atoms with Crippen molar-refractivity contribution in [3.05, 3.63) is 102 Å². The lowest BCUT2D eigenvalue weighted by molar-refractivity contribution is -0.130. The first-order valence-electron chi connectivity index (χ1n) is 21.2. The molecule has 0 bridgehead atoms. The van der Waals surface area contributed by atoms with Crippen molar-refractivity contribution >= 4 is 40.9 Å². The van der Waals surface area contributed by atoms with Gasteiger partial charge < -0.3 is 45.4 Å². The summed E-state index contributed by atoms with van der Waals surface area (Å²) in [6, 6.07) is 28.1. The van der Waals surface area contributed by atoms with Crippen LogP contribution in [0, 0.1) is 5.41 Å². The fourth-order valence-electron chi connectivity index (χ4n) is 8.44. The molecule has 7 rings (SSSR count). The van der Waals surface area contributed by atoms with E-state index in [1.807, 2.05) is 85.9 Å². The van der Waals surface area contributed by atoms with E-state index in [-0.39, 0.29) is 59.6 Å². The van der Waals surface area contributed by atoms with Crippen molar-refractivity contribution in [3.8, 4) is 22.6 Å². The van der Waals surface area contributed by atoms with Gasteiger partial charge in [-0.05, 0) is 98.5 Å². The number of nitrogens with one attached hydrogen (secondary N) is 4. The number of carbonyl (C=O) groups is 4. The van der Waals surface area contributed by atoms with Crippen LogP contribution in [0.3, 0.4) is 0 Å². The number of nitrogens with zero attached hydrogens (tertiary/aromatic N) is 2. The Kier molecular flexibility index (Phi) is 14.2. The predicted molar refractivity (Wildman–Crippen MR) is 233 cm³/mol. The Hall–Kier alpha value is -5.96. The minimum absolute atomic E-state index is 0.0813. The van der Waals surface area contributed by atoms with E-state index in [2.05, 4.69) is 26.2 Å². The number of rotatable bonds is 17. The molecule has 14 nitrogen and oxygen atoms in total.